The van der Waals surface area contributed by atoms with Crippen LogP contribution in [-0.4, -0.2) is 88.1 Å². The van der Waals surface area contributed by atoms with Gasteiger partial charge in [0.1, 0.15) is 12.2 Å². The molecule has 2 saturated heterocycles. The number of aromatic nitrogens is 3. The van der Waals surface area contributed by atoms with Gasteiger partial charge in [-0.3, -0.25) is 14.8 Å². The second-order valence-corrected chi connectivity index (χ2v) is 6.24. The molecule has 22 heavy (non-hydrogen) atoms. The summed E-state index contributed by atoms with van der Waals surface area (Å²) in [4.78, 5) is 23.4. The van der Waals surface area contributed by atoms with Crippen molar-refractivity contribution in [2.24, 2.45) is 0 Å². The maximum Gasteiger partial charge on any atom is 0.236 e. The maximum atomic E-state index is 12.4. The van der Waals surface area contributed by atoms with Gasteiger partial charge in [-0.15, -0.1) is 0 Å². The smallest absolute Gasteiger partial charge is 0.236 e. The minimum absolute atomic E-state index is 0.279. The number of piperidine rings is 1. The quantitative estimate of drug-likeness (QED) is 0.857. The van der Waals surface area contributed by atoms with Crippen molar-refractivity contribution < 1.29 is 4.79 Å². The Morgan fingerprint density at radius 2 is 1.86 bits per heavy atom. The molecule has 3 heterocycles. The predicted octanol–water partition coefficient (Wildman–Crippen LogP) is 0.148. The van der Waals surface area contributed by atoms with E-state index in [0.717, 1.165) is 64.5 Å². The van der Waals surface area contributed by atoms with Gasteiger partial charge >= 0.3 is 0 Å². The molecule has 2 aliphatic heterocycles. The summed E-state index contributed by atoms with van der Waals surface area (Å²) < 4.78 is 0. The van der Waals surface area contributed by atoms with Gasteiger partial charge in [0.05, 0.1) is 6.54 Å². The first-order chi connectivity index (χ1) is 10.8. The molecular formula is C15H26N6O. The minimum atomic E-state index is 0.279. The number of H-pyrrole nitrogens is 1. The summed E-state index contributed by atoms with van der Waals surface area (Å²) in [6.45, 7) is 9.72. The third-order valence-electron chi connectivity index (χ3n) is 4.94. The number of hydrogen-bond donors (Lipinski definition) is 1. The molecule has 0 saturated carbocycles. The number of hydrogen-bond acceptors (Lipinski definition) is 5. The lowest BCUT2D eigenvalue weighted by atomic mass is 9.96. The SMILES string of the molecule is CCN1CCN(CC(=O)N2CCC(c3ncn[nH]3)CC2)CC1. The van der Waals surface area contributed by atoms with Crippen molar-refractivity contribution >= 4 is 5.91 Å². The number of nitrogens with one attached hydrogen (secondary N) is 1. The van der Waals surface area contributed by atoms with Crippen LogP contribution >= 0.6 is 0 Å². The van der Waals surface area contributed by atoms with E-state index in [1.807, 2.05) is 4.90 Å². The highest BCUT2D eigenvalue weighted by Gasteiger charge is 2.27. The summed E-state index contributed by atoms with van der Waals surface area (Å²) in [5.74, 6) is 1.66. The number of rotatable bonds is 4. The number of likely N-dealkylation sites (tertiary alicyclic amines) is 1. The number of nitrogens with zero attached hydrogens (tertiary/aromatic N) is 5. The summed E-state index contributed by atoms with van der Waals surface area (Å²) in [7, 11) is 0. The fourth-order valence-corrected chi connectivity index (χ4v) is 3.37. The molecule has 3 rings (SSSR count). The third kappa shape index (κ3) is 3.64. The number of amides is 1. The Labute approximate surface area is 131 Å². The molecule has 0 bridgehead atoms. The van der Waals surface area contributed by atoms with Crippen LogP contribution in [0.3, 0.4) is 0 Å². The first-order valence-electron chi connectivity index (χ1n) is 8.34. The molecule has 0 spiro atoms. The highest BCUT2D eigenvalue weighted by molar-refractivity contribution is 5.78. The van der Waals surface area contributed by atoms with E-state index in [-0.39, 0.29) is 5.91 Å². The monoisotopic (exact) mass is 306 g/mol. The van der Waals surface area contributed by atoms with Gasteiger partial charge in [0, 0.05) is 45.2 Å². The van der Waals surface area contributed by atoms with Crippen LogP contribution in [0.1, 0.15) is 31.5 Å². The Kier molecular flexibility index (Phi) is 5.04. The second kappa shape index (κ2) is 7.19. The average Bonchev–Trinajstić information content (AvgIpc) is 3.10. The van der Waals surface area contributed by atoms with Gasteiger partial charge in [0.2, 0.25) is 5.91 Å². The number of piperazine rings is 1. The van der Waals surface area contributed by atoms with E-state index in [4.69, 9.17) is 0 Å². The van der Waals surface area contributed by atoms with Crippen LogP contribution < -0.4 is 0 Å². The van der Waals surface area contributed by atoms with E-state index in [2.05, 4.69) is 31.9 Å². The van der Waals surface area contributed by atoms with Gasteiger partial charge in [-0.2, -0.15) is 5.10 Å². The van der Waals surface area contributed by atoms with Gasteiger partial charge in [-0.25, -0.2) is 4.98 Å². The summed E-state index contributed by atoms with van der Waals surface area (Å²) in [5.41, 5.74) is 0. The van der Waals surface area contributed by atoms with Crippen LogP contribution in [0.5, 0.6) is 0 Å². The van der Waals surface area contributed by atoms with E-state index in [1.165, 1.54) is 0 Å². The summed E-state index contributed by atoms with van der Waals surface area (Å²) in [5, 5.41) is 6.86. The molecule has 2 fully saturated rings. The van der Waals surface area contributed by atoms with Gasteiger partial charge in [-0.05, 0) is 19.4 Å². The van der Waals surface area contributed by atoms with Crippen LogP contribution in [0.25, 0.3) is 0 Å². The van der Waals surface area contributed by atoms with Gasteiger partial charge in [0.15, 0.2) is 0 Å². The van der Waals surface area contributed by atoms with Crippen molar-refractivity contribution in [3.05, 3.63) is 12.2 Å². The van der Waals surface area contributed by atoms with Crippen LogP contribution in [0.4, 0.5) is 0 Å². The zero-order valence-corrected chi connectivity index (χ0v) is 13.4. The molecule has 2 aliphatic rings. The Hall–Kier alpha value is -1.47. The lowest BCUT2D eigenvalue weighted by Crippen LogP contribution is -2.50. The molecular weight excluding hydrogens is 280 g/mol. The number of carbonyl (C=O) groups is 1. The van der Waals surface area contributed by atoms with Gasteiger partial charge < -0.3 is 9.80 Å². The highest BCUT2D eigenvalue weighted by Crippen LogP contribution is 2.25. The summed E-state index contributed by atoms with van der Waals surface area (Å²) >= 11 is 0. The van der Waals surface area contributed by atoms with Crippen molar-refractivity contribution in [3.63, 3.8) is 0 Å². The van der Waals surface area contributed by atoms with E-state index in [1.54, 1.807) is 6.33 Å². The van der Waals surface area contributed by atoms with E-state index in [9.17, 15) is 4.79 Å². The van der Waals surface area contributed by atoms with Crippen LogP contribution in [0, 0.1) is 0 Å². The van der Waals surface area contributed by atoms with Gasteiger partial charge in [0.25, 0.3) is 0 Å². The lowest BCUT2D eigenvalue weighted by molar-refractivity contribution is -0.133. The molecule has 7 heteroatoms. The van der Waals surface area contributed by atoms with Crippen molar-refractivity contribution in [2.75, 3.05) is 52.4 Å². The number of carbonyl (C=O) groups excluding carboxylic acids is 1. The molecule has 0 unspecified atom stereocenters. The molecule has 0 aliphatic carbocycles. The largest absolute Gasteiger partial charge is 0.342 e. The molecule has 122 valence electrons. The second-order valence-electron chi connectivity index (χ2n) is 6.24. The highest BCUT2D eigenvalue weighted by atomic mass is 16.2. The first kappa shape index (κ1) is 15.4. The minimum Gasteiger partial charge on any atom is -0.342 e. The van der Waals surface area contributed by atoms with Crippen molar-refractivity contribution in [3.8, 4) is 0 Å². The Balaban J connectivity index is 1.42. The van der Waals surface area contributed by atoms with Crippen LogP contribution in [-0.2, 0) is 4.79 Å². The molecule has 0 aromatic carbocycles. The first-order valence-corrected chi connectivity index (χ1v) is 8.34. The molecule has 7 nitrogen and oxygen atoms in total. The standard InChI is InChI=1S/C15H26N6O/c1-2-19-7-9-20(10-8-19)11-14(22)21-5-3-13(4-6-21)15-16-12-17-18-15/h12-13H,2-11H2,1H3,(H,16,17,18). The van der Waals surface area contributed by atoms with Crippen molar-refractivity contribution in [2.45, 2.75) is 25.7 Å². The van der Waals surface area contributed by atoms with Crippen molar-refractivity contribution in [1.82, 2.24) is 29.9 Å². The van der Waals surface area contributed by atoms with E-state index in [0.29, 0.717) is 12.5 Å². The number of aromatic amines is 1. The van der Waals surface area contributed by atoms with Crippen molar-refractivity contribution in [1.29, 1.82) is 0 Å². The van der Waals surface area contributed by atoms with E-state index >= 15 is 0 Å². The number of likely N-dealkylation sites (N-methyl/N-ethyl adjacent to an activating group) is 1. The molecule has 1 N–H and O–H groups in total. The zero-order valence-electron chi connectivity index (χ0n) is 13.4. The Morgan fingerprint density at radius 3 is 2.45 bits per heavy atom. The topological polar surface area (TPSA) is 68.4 Å². The van der Waals surface area contributed by atoms with Gasteiger partial charge in [-0.1, -0.05) is 6.92 Å². The van der Waals surface area contributed by atoms with E-state index < -0.39 is 0 Å². The normalized spacial score (nSPS) is 22.1. The van der Waals surface area contributed by atoms with Crippen LogP contribution in [0.15, 0.2) is 6.33 Å². The summed E-state index contributed by atoms with van der Waals surface area (Å²) in [6, 6.07) is 0. The lowest BCUT2D eigenvalue weighted by Gasteiger charge is -2.36. The fraction of sp³-hybridized carbons (Fsp3) is 0.800. The molecule has 1 aromatic rings. The Morgan fingerprint density at radius 1 is 1.18 bits per heavy atom. The zero-order chi connectivity index (χ0) is 15.4. The molecule has 0 radical (unpaired) electrons. The Bertz CT molecular complexity index is 460. The van der Waals surface area contributed by atoms with Crippen LogP contribution in [0.2, 0.25) is 0 Å². The third-order valence-corrected chi connectivity index (χ3v) is 4.94. The molecule has 1 amide bonds. The molecule has 0 atom stereocenters. The fourth-order valence-electron chi connectivity index (χ4n) is 3.37. The average molecular weight is 306 g/mol. The summed E-state index contributed by atoms with van der Waals surface area (Å²) in [6.07, 6.45) is 3.51. The molecule has 1 aromatic heterocycles. The predicted molar refractivity (Wildman–Crippen MR) is 83.5 cm³/mol. The maximum absolute atomic E-state index is 12.4.